The minimum absolute atomic E-state index is 0.278. The van der Waals surface area contributed by atoms with E-state index >= 15 is 0 Å². The highest BCUT2D eigenvalue weighted by atomic mass is 16.1. The van der Waals surface area contributed by atoms with Crippen molar-refractivity contribution in [1.29, 1.82) is 0 Å². The number of hydrogen-bond acceptors (Lipinski definition) is 2. The second-order valence-corrected chi connectivity index (χ2v) is 5.04. The van der Waals surface area contributed by atoms with Gasteiger partial charge in [0.1, 0.15) is 0 Å². The molecule has 0 bridgehead atoms. The van der Waals surface area contributed by atoms with E-state index in [1.807, 2.05) is 12.2 Å². The largest absolute Gasteiger partial charge is 0.366 e. The standard InChI is InChI=1S/C14H22N2O2/c1-9(13(15)17)7-11-5-3-4-6-12(11)8-10(2)14(16)18/h7-8,11-12H,3-6H2,1-2H3,(H2,15,17)(H2,16,18). The summed E-state index contributed by atoms with van der Waals surface area (Å²) >= 11 is 0. The van der Waals surface area contributed by atoms with E-state index in [-0.39, 0.29) is 23.7 Å². The van der Waals surface area contributed by atoms with Crippen molar-refractivity contribution in [2.45, 2.75) is 39.5 Å². The van der Waals surface area contributed by atoms with Crippen LogP contribution in [-0.2, 0) is 9.59 Å². The second kappa shape index (κ2) is 6.38. The molecule has 2 atom stereocenters. The SMILES string of the molecule is CC(=CC1CCCCC1C=C(C)C(N)=O)C(N)=O. The second-order valence-electron chi connectivity index (χ2n) is 5.04. The minimum Gasteiger partial charge on any atom is -0.366 e. The van der Waals surface area contributed by atoms with Crippen LogP contribution in [0.15, 0.2) is 23.3 Å². The lowest BCUT2D eigenvalue weighted by molar-refractivity contribution is -0.115. The predicted molar refractivity (Wildman–Crippen MR) is 71.4 cm³/mol. The van der Waals surface area contributed by atoms with E-state index in [2.05, 4.69) is 0 Å². The summed E-state index contributed by atoms with van der Waals surface area (Å²) in [5.41, 5.74) is 11.7. The molecule has 4 N–H and O–H groups in total. The monoisotopic (exact) mass is 250 g/mol. The molecule has 4 nitrogen and oxygen atoms in total. The molecule has 0 aromatic heterocycles. The number of amides is 2. The molecule has 0 aromatic rings. The zero-order valence-corrected chi connectivity index (χ0v) is 11.1. The first kappa shape index (κ1) is 14.5. The summed E-state index contributed by atoms with van der Waals surface area (Å²) in [4.78, 5) is 22.1. The Hall–Kier alpha value is -1.58. The number of allylic oxidation sites excluding steroid dienone is 2. The number of nitrogens with two attached hydrogens (primary N) is 2. The quantitative estimate of drug-likeness (QED) is 0.743. The third-order valence-electron chi connectivity index (χ3n) is 3.58. The van der Waals surface area contributed by atoms with Crippen LogP contribution >= 0.6 is 0 Å². The Labute approximate surface area is 108 Å². The fourth-order valence-corrected chi connectivity index (χ4v) is 2.41. The van der Waals surface area contributed by atoms with Crippen LogP contribution in [0.25, 0.3) is 0 Å². The van der Waals surface area contributed by atoms with Crippen molar-refractivity contribution in [3.05, 3.63) is 23.3 Å². The minimum atomic E-state index is -0.380. The van der Waals surface area contributed by atoms with Crippen LogP contribution in [0.4, 0.5) is 0 Å². The zero-order valence-electron chi connectivity index (χ0n) is 11.1. The molecule has 0 aliphatic heterocycles. The van der Waals surface area contributed by atoms with Gasteiger partial charge in [0.25, 0.3) is 0 Å². The van der Waals surface area contributed by atoms with E-state index in [1.165, 1.54) is 0 Å². The molecule has 0 spiro atoms. The molecule has 0 aromatic carbocycles. The van der Waals surface area contributed by atoms with Gasteiger partial charge in [0.15, 0.2) is 0 Å². The maximum atomic E-state index is 11.1. The lowest BCUT2D eigenvalue weighted by Gasteiger charge is -2.28. The maximum Gasteiger partial charge on any atom is 0.244 e. The van der Waals surface area contributed by atoms with Gasteiger partial charge in [0.05, 0.1) is 0 Å². The van der Waals surface area contributed by atoms with Crippen LogP contribution in [-0.4, -0.2) is 11.8 Å². The third kappa shape index (κ3) is 4.02. The molecule has 1 aliphatic rings. The van der Waals surface area contributed by atoms with Crippen molar-refractivity contribution in [2.24, 2.45) is 23.3 Å². The Morgan fingerprint density at radius 1 is 0.889 bits per heavy atom. The highest BCUT2D eigenvalue weighted by Gasteiger charge is 2.22. The van der Waals surface area contributed by atoms with Gasteiger partial charge >= 0.3 is 0 Å². The molecule has 0 heterocycles. The highest BCUT2D eigenvalue weighted by molar-refractivity contribution is 5.91. The van der Waals surface area contributed by atoms with E-state index in [0.29, 0.717) is 11.1 Å². The normalized spacial score (nSPS) is 25.9. The molecular weight excluding hydrogens is 228 g/mol. The third-order valence-corrected chi connectivity index (χ3v) is 3.58. The summed E-state index contributed by atoms with van der Waals surface area (Å²) in [7, 11) is 0. The first-order chi connectivity index (χ1) is 8.41. The summed E-state index contributed by atoms with van der Waals surface area (Å²) in [6.45, 7) is 3.47. The molecule has 2 unspecified atom stereocenters. The van der Waals surface area contributed by atoms with Crippen LogP contribution in [0.5, 0.6) is 0 Å². The smallest absolute Gasteiger partial charge is 0.244 e. The Balaban J connectivity index is 2.87. The topological polar surface area (TPSA) is 86.2 Å². The number of rotatable bonds is 4. The van der Waals surface area contributed by atoms with Crippen molar-refractivity contribution in [3.8, 4) is 0 Å². The Morgan fingerprint density at radius 2 is 1.22 bits per heavy atom. The van der Waals surface area contributed by atoms with Crippen molar-refractivity contribution in [1.82, 2.24) is 0 Å². The van der Waals surface area contributed by atoms with Gasteiger partial charge in [-0.1, -0.05) is 25.0 Å². The van der Waals surface area contributed by atoms with E-state index in [4.69, 9.17) is 11.5 Å². The van der Waals surface area contributed by atoms with Gasteiger partial charge < -0.3 is 11.5 Å². The predicted octanol–water partition coefficient (Wildman–Crippen LogP) is 1.66. The summed E-state index contributed by atoms with van der Waals surface area (Å²) in [5, 5.41) is 0. The first-order valence-corrected chi connectivity index (χ1v) is 6.38. The summed E-state index contributed by atoms with van der Waals surface area (Å²) in [6, 6.07) is 0. The highest BCUT2D eigenvalue weighted by Crippen LogP contribution is 2.33. The molecule has 4 heteroatoms. The number of carbonyl (C=O) groups is 2. The summed E-state index contributed by atoms with van der Waals surface area (Å²) in [5.74, 6) is -0.203. The van der Waals surface area contributed by atoms with Crippen LogP contribution in [0.1, 0.15) is 39.5 Å². The number of primary amides is 2. The number of hydrogen-bond donors (Lipinski definition) is 2. The average molecular weight is 250 g/mol. The fourth-order valence-electron chi connectivity index (χ4n) is 2.41. The lowest BCUT2D eigenvalue weighted by Crippen LogP contribution is -2.21. The molecular formula is C14H22N2O2. The molecule has 0 saturated heterocycles. The van der Waals surface area contributed by atoms with E-state index < -0.39 is 0 Å². The molecule has 18 heavy (non-hydrogen) atoms. The molecule has 1 saturated carbocycles. The fraction of sp³-hybridized carbons (Fsp3) is 0.571. The van der Waals surface area contributed by atoms with Crippen LogP contribution < -0.4 is 11.5 Å². The van der Waals surface area contributed by atoms with Crippen molar-refractivity contribution in [2.75, 3.05) is 0 Å². The maximum absolute atomic E-state index is 11.1. The Morgan fingerprint density at radius 3 is 1.50 bits per heavy atom. The van der Waals surface area contributed by atoms with E-state index in [1.54, 1.807) is 13.8 Å². The van der Waals surface area contributed by atoms with Crippen molar-refractivity contribution < 1.29 is 9.59 Å². The van der Waals surface area contributed by atoms with Gasteiger partial charge in [0, 0.05) is 11.1 Å². The molecule has 1 fully saturated rings. The molecule has 2 amide bonds. The Kier molecular flexibility index (Phi) is 5.13. The zero-order chi connectivity index (χ0) is 13.7. The average Bonchev–Trinajstić information content (AvgIpc) is 2.31. The van der Waals surface area contributed by atoms with E-state index in [0.717, 1.165) is 25.7 Å². The van der Waals surface area contributed by atoms with Gasteiger partial charge in [-0.05, 0) is 38.5 Å². The lowest BCUT2D eigenvalue weighted by atomic mass is 9.77. The molecule has 0 radical (unpaired) electrons. The Bertz CT molecular complexity index is 359. The first-order valence-electron chi connectivity index (χ1n) is 6.38. The van der Waals surface area contributed by atoms with Crippen LogP contribution in [0.3, 0.4) is 0 Å². The van der Waals surface area contributed by atoms with Gasteiger partial charge in [-0.25, -0.2) is 0 Å². The molecule has 100 valence electrons. The van der Waals surface area contributed by atoms with Gasteiger partial charge in [0.2, 0.25) is 11.8 Å². The van der Waals surface area contributed by atoms with Gasteiger partial charge in [-0.3, -0.25) is 9.59 Å². The van der Waals surface area contributed by atoms with Gasteiger partial charge in [-0.2, -0.15) is 0 Å². The summed E-state index contributed by atoms with van der Waals surface area (Å²) in [6.07, 6.45) is 8.23. The van der Waals surface area contributed by atoms with Gasteiger partial charge in [-0.15, -0.1) is 0 Å². The van der Waals surface area contributed by atoms with Crippen molar-refractivity contribution >= 4 is 11.8 Å². The summed E-state index contributed by atoms with van der Waals surface area (Å²) < 4.78 is 0. The van der Waals surface area contributed by atoms with Crippen molar-refractivity contribution in [3.63, 3.8) is 0 Å². The van der Waals surface area contributed by atoms with E-state index in [9.17, 15) is 9.59 Å². The van der Waals surface area contributed by atoms with Crippen LogP contribution in [0.2, 0.25) is 0 Å². The van der Waals surface area contributed by atoms with Crippen LogP contribution in [0, 0.1) is 11.8 Å². The molecule has 1 aliphatic carbocycles. The number of carbonyl (C=O) groups excluding carboxylic acids is 2. The molecule has 1 rings (SSSR count).